The van der Waals surface area contributed by atoms with Gasteiger partial charge in [0, 0.05) is 63.5 Å². The number of methoxy groups -OCH3 is 1. The fourth-order valence-electron chi connectivity index (χ4n) is 5.63. The largest absolute Gasteiger partial charge is 0.453 e. The molecule has 3 aromatic rings. The topological polar surface area (TPSA) is 125 Å². The van der Waals surface area contributed by atoms with Crippen molar-refractivity contribution in [3.63, 3.8) is 0 Å². The lowest BCUT2D eigenvalue weighted by Crippen LogP contribution is -2.53. The maximum Gasteiger partial charge on any atom is 0.409 e. The van der Waals surface area contributed by atoms with E-state index in [4.69, 9.17) is 4.74 Å². The molecule has 210 valence electrons. The quantitative estimate of drug-likeness (QED) is 0.430. The molecule has 40 heavy (non-hydrogen) atoms. The first kappa shape index (κ1) is 27.6. The van der Waals surface area contributed by atoms with Crippen LogP contribution in [0, 0.1) is 17.2 Å². The third-order valence-corrected chi connectivity index (χ3v) is 9.74. The van der Waals surface area contributed by atoms with Crippen LogP contribution < -0.4 is 4.90 Å². The van der Waals surface area contributed by atoms with Crippen molar-refractivity contribution in [2.24, 2.45) is 13.0 Å². The van der Waals surface area contributed by atoms with E-state index in [1.54, 1.807) is 39.9 Å². The van der Waals surface area contributed by atoms with E-state index in [9.17, 15) is 18.5 Å². The number of hydrogen-bond donors (Lipinski definition) is 0. The molecule has 0 saturated carbocycles. The summed E-state index contributed by atoms with van der Waals surface area (Å²) in [6.45, 7) is 2.38. The van der Waals surface area contributed by atoms with Crippen molar-refractivity contribution in [1.29, 1.82) is 5.26 Å². The van der Waals surface area contributed by atoms with Crippen LogP contribution in [0.3, 0.4) is 0 Å². The Hall–Kier alpha value is -3.95. The molecule has 4 heterocycles. The Morgan fingerprint density at radius 3 is 2.65 bits per heavy atom. The second-order valence-corrected chi connectivity index (χ2v) is 12.2. The van der Waals surface area contributed by atoms with Gasteiger partial charge in [0.15, 0.2) is 0 Å². The molecule has 1 fully saturated rings. The maximum absolute atomic E-state index is 14.2. The molecule has 0 radical (unpaired) electrons. The van der Waals surface area contributed by atoms with Crippen LogP contribution in [-0.2, 0) is 34.8 Å². The molecule has 2 aromatic heterocycles. The number of fused-ring (bicyclic) bond motifs is 1. The smallest absolute Gasteiger partial charge is 0.409 e. The fraction of sp³-hybridized carbons (Fsp3) is 0.429. The number of pyridine rings is 1. The lowest BCUT2D eigenvalue weighted by molar-refractivity contribution is 0.101. The van der Waals surface area contributed by atoms with Crippen LogP contribution in [0.15, 0.2) is 60.1 Å². The number of hydrogen-bond acceptors (Lipinski definition) is 8. The van der Waals surface area contributed by atoms with E-state index in [-0.39, 0.29) is 22.9 Å². The van der Waals surface area contributed by atoms with Gasteiger partial charge in [-0.15, -0.1) is 0 Å². The number of aryl methyl sites for hydroxylation is 1. The first-order valence-electron chi connectivity index (χ1n) is 13.3. The van der Waals surface area contributed by atoms with Crippen molar-refractivity contribution >= 4 is 21.8 Å². The van der Waals surface area contributed by atoms with E-state index in [0.717, 1.165) is 16.9 Å². The summed E-state index contributed by atoms with van der Waals surface area (Å²) in [4.78, 5) is 24.3. The molecule has 11 nitrogen and oxygen atoms in total. The van der Waals surface area contributed by atoms with Gasteiger partial charge in [0.25, 0.3) is 0 Å². The van der Waals surface area contributed by atoms with Crippen molar-refractivity contribution in [1.82, 2.24) is 23.7 Å². The summed E-state index contributed by atoms with van der Waals surface area (Å²) in [6.07, 6.45) is 7.97. The molecule has 0 aliphatic carbocycles. The lowest BCUT2D eigenvalue weighted by Gasteiger charge is -2.42. The molecule has 2 aliphatic heterocycles. The molecule has 0 N–H and O–H groups in total. The number of likely N-dealkylation sites (tertiary alicyclic amines) is 1. The Morgan fingerprint density at radius 2 is 2.00 bits per heavy atom. The Bertz CT molecular complexity index is 1490. The number of nitrogens with zero attached hydrogens (tertiary/aromatic N) is 7. The standard InChI is InChI=1S/C28H33N7O4S/c1-32-20-31-15-25(32)19-34-18-24(13-23-12-22(14-29)5-6-27(23)34)35(40(37,38)26-4-3-9-30-16-26)17-21-7-10-33(11-8-21)28(36)39-2/h3-6,9,12,15-16,20-21,24H,7-8,10-11,13,17-19H2,1-2H3. The van der Waals surface area contributed by atoms with Crippen molar-refractivity contribution in [2.75, 3.05) is 38.2 Å². The maximum atomic E-state index is 14.2. The summed E-state index contributed by atoms with van der Waals surface area (Å²) < 4.78 is 36.8. The Morgan fingerprint density at radius 1 is 1.20 bits per heavy atom. The monoisotopic (exact) mass is 563 g/mol. The fourth-order valence-corrected chi connectivity index (χ4v) is 7.29. The number of carbonyl (C=O) groups excluding carboxylic acids is 1. The minimum Gasteiger partial charge on any atom is -0.453 e. The highest BCUT2D eigenvalue weighted by Crippen LogP contribution is 2.34. The van der Waals surface area contributed by atoms with Gasteiger partial charge in [0.1, 0.15) is 4.90 Å². The average molecular weight is 564 g/mol. The van der Waals surface area contributed by atoms with Gasteiger partial charge in [-0.3, -0.25) is 4.98 Å². The highest BCUT2D eigenvalue weighted by molar-refractivity contribution is 7.89. The first-order chi connectivity index (χ1) is 19.3. The van der Waals surface area contributed by atoms with Crippen LogP contribution >= 0.6 is 0 Å². The molecular formula is C28H33N7O4S. The number of benzene rings is 1. The zero-order valence-electron chi connectivity index (χ0n) is 22.7. The van der Waals surface area contributed by atoms with Crippen LogP contribution in [0.1, 0.15) is 29.7 Å². The summed E-state index contributed by atoms with van der Waals surface area (Å²) in [5.74, 6) is 0.0738. The highest BCUT2D eigenvalue weighted by Gasteiger charge is 2.38. The second kappa shape index (κ2) is 11.7. The number of amides is 1. The van der Waals surface area contributed by atoms with Crippen molar-refractivity contribution < 1.29 is 17.9 Å². The number of rotatable bonds is 7. The number of imidazole rings is 1. The van der Waals surface area contributed by atoms with E-state index in [1.165, 1.54) is 13.3 Å². The van der Waals surface area contributed by atoms with Gasteiger partial charge in [-0.1, -0.05) is 0 Å². The Labute approximate surface area is 234 Å². The number of aromatic nitrogens is 3. The van der Waals surface area contributed by atoms with Crippen LogP contribution in [0.4, 0.5) is 10.5 Å². The van der Waals surface area contributed by atoms with Gasteiger partial charge < -0.3 is 19.1 Å². The van der Waals surface area contributed by atoms with Crippen LogP contribution in [-0.4, -0.2) is 77.6 Å². The van der Waals surface area contributed by atoms with Gasteiger partial charge in [0.05, 0.1) is 37.3 Å². The normalized spacial score (nSPS) is 17.9. The molecule has 0 bridgehead atoms. The van der Waals surface area contributed by atoms with Gasteiger partial charge in [-0.05, 0) is 61.1 Å². The number of anilines is 1. The summed E-state index contributed by atoms with van der Waals surface area (Å²) >= 11 is 0. The molecule has 1 saturated heterocycles. The highest BCUT2D eigenvalue weighted by atomic mass is 32.2. The zero-order valence-corrected chi connectivity index (χ0v) is 23.5. The molecule has 1 aromatic carbocycles. The SMILES string of the molecule is COC(=O)N1CCC(CN(C2Cc3cc(C#N)ccc3N(Cc3cncn3C)C2)S(=O)(=O)c2cccnc2)CC1. The van der Waals surface area contributed by atoms with Gasteiger partial charge in [-0.25, -0.2) is 18.2 Å². The zero-order chi connectivity index (χ0) is 28.3. The first-order valence-corrected chi connectivity index (χ1v) is 14.7. The minimum absolute atomic E-state index is 0.0738. The van der Waals surface area contributed by atoms with Gasteiger partial charge in [0.2, 0.25) is 10.0 Å². The lowest BCUT2D eigenvalue weighted by atomic mass is 9.93. The number of piperidine rings is 1. The number of ether oxygens (including phenoxy) is 1. The number of carbonyl (C=O) groups is 1. The summed E-state index contributed by atoms with van der Waals surface area (Å²) in [5.41, 5.74) is 3.45. The predicted molar refractivity (Wildman–Crippen MR) is 148 cm³/mol. The van der Waals surface area contributed by atoms with Gasteiger partial charge in [-0.2, -0.15) is 9.57 Å². The summed E-state index contributed by atoms with van der Waals surface area (Å²) in [7, 11) is -0.589. The van der Waals surface area contributed by atoms with E-state index in [0.29, 0.717) is 57.5 Å². The third-order valence-electron chi connectivity index (χ3n) is 7.84. The van der Waals surface area contributed by atoms with Gasteiger partial charge >= 0.3 is 6.09 Å². The molecule has 5 rings (SSSR count). The Kier molecular flexibility index (Phi) is 8.04. The van der Waals surface area contributed by atoms with E-state index in [2.05, 4.69) is 20.9 Å². The van der Waals surface area contributed by atoms with Crippen LogP contribution in [0.2, 0.25) is 0 Å². The summed E-state index contributed by atoms with van der Waals surface area (Å²) in [6, 6.07) is 10.7. The molecule has 1 unspecified atom stereocenters. The minimum atomic E-state index is -3.89. The molecule has 12 heteroatoms. The van der Waals surface area contributed by atoms with Crippen molar-refractivity contribution in [3.8, 4) is 6.07 Å². The van der Waals surface area contributed by atoms with Crippen molar-refractivity contribution in [2.45, 2.75) is 36.7 Å². The van der Waals surface area contributed by atoms with Crippen LogP contribution in [0.5, 0.6) is 0 Å². The summed E-state index contributed by atoms with van der Waals surface area (Å²) in [5, 5.41) is 9.57. The molecule has 0 spiro atoms. The van der Waals surface area contributed by atoms with Crippen molar-refractivity contribution in [3.05, 3.63) is 72.1 Å². The number of sulfonamides is 1. The average Bonchev–Trinajstić information content (AvgIpc) is 3.39. The van der Waals surface area contributed by atoms with E-state index in [1.807, 2.05) is 29.9 Å². The molecular weight excluding hydrogens is 530 g/mol. The molecule has 2 aliphatic rings. The van der Waals surface area contributed by atoms with Crippen LogP contribution in [0.25, 0.3) is 0 Å². The predicted octanol–water partition coefficient (Wildman–Crippen LogP) is 2.79. The van der Waals surface area contributed by atoms with E-state index < -0.39 is 10.0 Å². The number of nitriles is 1. The Balaban J connectivity index is 1.49. The van der Waals surface area contributed by atoms with E-state index >= 15 is 0 Å². The third kappa shape index (κ3) is 5.66. The molecule has 1 atom stereocenters. The second-order valence-electron chi connectivity index (χ2n) is 10.4. The molecule has 1 amide bonds.